The number of hydrogen-bond donors (Lipinski definition) is 0. The largest absolute Gasteiger partial charge is 0.291 e. The molecule has 0 radical (unpaired) electrons. The molecule has 10 aromatic rings. The van der Waals surface area contributed by atoms with Gasteiger partial charge in [-0.05, 0) is 75.1 Å². The van der Waals surface area contributed by atoms with Gasteiger partial charge in [0.25, 0.3) is 49.1 Å². The van der Waals surface area contributed by atoms with Crippen molar-refractivity contribution in [2.75, 3.05) is 0 Å². The maximum absolute atomic E-state index is 4.30. The van der Waals surface area contributed by atoms with Crippen molar-refractivity contribution in [2.45, 2.75) is 173 Å². The molecule has 0 saturated heterocycles. The Hall–Kier alpha value is -9.13. The van der Waals surface area contributed by atoms with Gasteiger partial charge in [0.2, 0.25) is 19.0 Å². The van der Waals surface area contributed by atoms with E-state index in [0.717, 1.165) is 79.3 Å². The summed E-state index contributed by atoms with van der Waals surface area (Å²) in [7, 11) is 9.67. The molecule has 1 aromatic carbocycles. The lowest BCUT2D eigenvalue weighted by molar-refractivity contribution is -0.666. The van der Waals surface area contributed by atoms with Crippen molar-refractivity contribution in [1.29, 1.82) is 0 Å². The Morgan fingerprint density at radius 2 is 0.644 bits per heavy atom. The third kappa shape index (κ3) is 32.7. The second kappa shape index (κ2) is 60.2. The van der Waals surface area contributed by atoms with Crippen molar-refractivity contribution >= 4 is 0 Å². The summed E-state index contributed by atoms with van der Waals surface area (Å²) in [6.07, 6.45) is 29.0. The van der Waals surface area contributed by atoms with E-state index in [4.69, 9.17) is 0 Å². The van der Waals surface area contributed by atoms with Gasteiger partial charge in [0.1, 0.15) is 42.1 Å². The smallest absolute Gasteiger partial charge is 0.264 e. The van der Waals surface area contributed by atoms with Gasteiger partial charge in [-0.2, -0.15) is 0 Å². The van der Waals surface area contributed by atoms with Gasteiger partial charge in [-0.25, -0.2) is 47.8 Å². The summed E-state index contributed by atoms with van der Waals surface area (Å²) in [5.41, 5.74) is 12.7. The number of benzene rings is 1. The summed E-state index contributed by atoms with van der Waals surface area (Å²) in [6.45, 7) is 50.1. The third-order valence-corrected chi connectivity index (χ3v) is 10.6. The molecule has 0 aliphatic heterocycles. The summed E-state index contributed by atoms with van der Waals surface area (Å²) in [4.78, 5) is 57.3. The van der Waals surface area contributed by atoms with E-state index >= 15 is 0 Å². The van der Waals surface area contributed by atoms with Gasteiger partial charge in [0.15, 0.2) is 5.69 Å². The van der Waals surface area contributed by atoms with E-state index in [0.29, 0.717) is 0 Å². The fraction of sp³-hybridized carbons (Fsp3) is 0.423. The summed E-state index contributed by atoms with van der Waals surface area (Å²) < 4.78 is 9.54. The van der Waals surface area contributed by atoms with E-state index in [1.807, 2.05) is 285 Å². The van der Waals surface area contributed by atoms with Crippen LogP contribution in [0, 0.1) is 34.6 Å². The van der Waals surface area contributed by atoms with Crippen LogP contribution >= 0.6 is 0 Å². The van der Waals surface area contributed by atoms with Crippen LogP contribution in [-0.2, 0) is 35.2 Å². The lowest BCUT2D eigenvalue weighted by atomic mass is 10.1. The Labute approximate surface area is 544 Å². The highest BCUT2D eigenvalue weighted by Crippen LogP contribution is 2.18. The van der Waals surface area contributed by atoms with Gasteiger partial charge in [0.05, 0.1) is 57.6 Å². The molecular weight excluding hydrogens is 1120 g/mol. The molecule has 19 heteroatoms. The van der Waals surface area contributed by atoms with Crippen LogP contribution in [0.4, 0.5) is 0 Å². The van der Waals surface area contributed by atoms with E-state index in [1.165, 1.54) is 11.9 Å². The van der Waals surface area contributed by atoms with E-state index in [1.54, 1.807) is 81.7 Å². The molecule has 0 N–H and O–H groups in total. The van der Waals surface area contributed by atoms with Gasteiger partial charge >= 0.3 is 0 Å². The number of hydrogen-bond acceptors (Lipinski definition) is 14. The Kier molecular flexibility index (Phi) is 59.9. The average molecular weight is 1240 g/mol. The third-order valence-electron chi connectivity index (χ3n) is 10.6. The van der Waals surface area contributed by atoms with Crippen LogP contribution in [0.25, 0.3) is 56.9 Å². The van der Waals surface area contributed by atoms with Crippen LogP contribution < -0.4 is 22.8 Å². The predicted molar refractivity (Wildman–Crippen MR) is 372 cm³/mol. The number of aromatic nitrogens is 19. The summed E-state index contributed by atoms with van der Waals surface area (Å²) in [5.74, 6) is 2.65. The minimum absolute atomic E-state index is 0.832. The lowest BCUT2D eigenvalue weighted by Gasteiger charge is -2.02. The Bertz CT molecular complexity index is 2560. The molecule has 0 amide bonds. The van der Waals surface area contributed by atoms with Crippen molar-refractivity contribution in [1.82, 2.24) is 69.8 Å². The Balaban J connectivity index is -0.000000312. The summed E-state index contributed by atoms with van der Waals surface area (Å²) in [6, 6.07) is 18.0. The topological polar surface area (TPSA) is 200 Å². The highest BCUT2D eigenvalue weighted by atomic mass is 15.1. The maximum atomic E-state index is 4.30. The first-order valence-corrected chi connectivity index (χ1v) is 31.9. The quantitative estimate of drug-likeness (QED) is 0.147. The monoisotopic (exact) mass is 1230 g/mol. The molecule has 10 rings (SSSR count). The average Bonchev–Trinajstić information content (AvgIpc) is 2.35. The van der Waals surface area contributed by atoms with Crippen molar-refractivity contribution in [3.63, 3.8) is 0 Å². The van der Waals surface area contributed by atoms with Crippen LogP contribution in [0.15, 0.2) is 161 Å². The van der Waals surface area contributed by atoms with Gasteiger partial charge in [-0.1, -0.05) is 203 Å². The Morgan fingerprint density at radius 1 is 0.256 bits per heavy atom. The van der Waals surface area contributed by atoms with Crippen LogP contribution in [0.2, 0.25) is 0 Å². The van der Waals surface area contributed by atoms with Crippen molar-refractivity contribution in [3.8, 4) is 56.9 Å². The van der Waals surface area contributed by atoms with E-state index < -0.39 is 0 Å². The van der Waals surface area contributed by atoms with Crippen LogP contribution in [0.1, 0.15) is 166 Å². The normalized spacial score (nSPS) is 8.56. The lowest BCUT2D eigenvalue weighted by Crippen LogP contribution is -2.32. The minimum atomic E-state index is 0.832. The van der Waals surface area contributed by atoms with Gasteiger partial charge < -0.3 is 0 Å². The van der Waals surface area contributed by atoms with Crippen molar-refractivity contribution < 1.29 is 22.8 Å². The van der Waals surface area contributed by atoms with Crippen LogP contribution in [0.5, 0.6) is 0 Å². The first kappa shape index (κ1) is 89.6. The highest BCUT2D eigenvalue weighted by Gasteiger charge is 2.15. The fourth-order valence-electron chi connectivity index (χ4n) is 6.78. The number of nitrogens with zero attached hydrogens (tertiary/aromatic N) is 19. The standard InChI is InChI=1S/C11H12N3.4C10H11N4.10C2H6/c1-9-5-3-4-6-10(9)11-13-7-12-8-14(11)2;1-8-9(5-12-6-13-8)10-3-4-11-7-14(10)2;1-8-5-12-6-13-10(8)9-3-4-11-7-14(9)2;1-8-3-4-11-5-9(8)10-13-6-12-7-14(10)2;1-8-4-3-5-12-9(8)10-13-6-11-7-14(10)2;10*1-2/h3-8H,1-2H3;4*3-7H,1-2H3;10*1-2H3/q5*+1;;;;;;;;;;. The zero-order chi connectivity index (χ0) is 69.8. The van der Waals surface area contributed by atoms with Gasteiger partial charge in [0, 0.05) is 43.1 Å². The van der Waals surface area contributed by atoms with E-state index in [2.05, 4.69) is 88.8 Å². The molecule has 90 heavy (non-hydrogen) atoms. The predicted octanol–water partition coefficient (Wildman–Crippen LogP) is 14.2. The molecule has 9 aromatic heterocycles. The molecule has 0 fully saturated rings. The zero-order valence-electron chi connectivity index (χ0n) is 61.0. The zero-order valence-corrected chi connectivity index (χ0v) is 61.0. The molecular formula is C71H116N19+5. The van der Waals surface area contributed by atoms with Crippen LogP contribution in [-0.4, -0.2) is 69.8 Å². The fourth-order valence-corrected chi connectivity index (χ4v) is 6.78. The first-order valence-electron chi connectivity index (χ1n) is 31.9. The minimum Gasteiger partial charge on any atom is -0.264 e. The molecule has 19 nitrogen and oxygen atoms in total. The Morgan fingerprint density at radius 3 is 1.09 bits per heavy atom. The molecule has 9 heterocycles. The second-order valence-corrected chi connectivity index (χ2v) is 15.7. The van der Waals surface area contributed by atoms with Crippen LogP contribution in [0.3, 0.4) is 0 Å². The molecule has 0 atom stereocenters. The summed E-state index contributed by atoms with van der Waals surface area (Å²) >= 11 is 0. The molecule has 0 spiro atoms. The van der Waals surface area contributed by atoms with E-state index in [9.17, 15) is 0 Å². The van der Waals surface area contributed by atoms with Crippen molar-refractivity contribution in [3.05, 3.63) is 189 Å². The molecule has 0 aliphatic carbocycles. The molecule has 0 bridgehead atoms. The van der Waals surface area contributed by atoms with Gasteiger partial charge in [-0.15, -0.1) is 0 Å². The summed E-state index contributed by atoms with van der Waals surface area (Å²) in [5, 5.41) is 0. The maximum Gasteiger partial charge on any atom is 0.291 e. The highest BCUT2D eigenvalue weighted by molar-refractivity contribution is 5.58. The number of pyridine rings is 2. The van der Waals surface area contributed by atoms with Crippen molar-refractivity contribution in [2.24, 2.45) is 35.2 Å². The number of rotatable bonds is 5. The number of aryl methyl sites for hydroxylation is 10. The SMILES string of the molecule is CC.CC.CC.CC.CC.CC.CC.CC.CC.CC.Cc1ccccc1-c1ncnc[n+]1C.Cc1cccnc1-c1ncnc[n+]1C.Cc1ccncc1-c1ncnc[n+]1C.Cc1cncnc1-c1ccnc[n+]1C.Cc1ncncc1-c1ccnc[n+]1C. The first-order chi connectivity index (χ1) is 43.9. The molecule has 0 aliphatic rings. The van der Waals surface area contributed by atoms with Gasteiger partial charge in [-0.3, -0.25) is 4.98 Å². The van der Waals surface area contributed by atoms with E-state index in [-0.39, 0.29) is 0 Å². The second-order valence-electron chi connectivity index (χ2n) is 15.7. The molecule has 0 unspecified atom stereocenters. The molecule has 0 saturated carbocycles. The molecule has 490 valence electrons.